The molecule has 2 aromatic rings. The highest BCUT2D eigenvalue weighted by Crippen LogP contribution is 2.38. The van der Waals surface area contributed by atoms with E-state index in [-0.39, 0.29) is 6.04 Å². The Balaban J connectivity index is 2.57. The van der Waals surface area contributed by atoms with E-state index in [4.69, 9.17) is 14.2 Å². The lowest BCUT2D eigenvalue weighted by molar-refractivity contribution is 0.346. The van der Waals surface area contributed by atoms with E-state index in [9.17, 15) is 0 Å². The first-order chi connectivity index (χ1) is 10.2. The van der Waals surface area contributed by atoms with Crippen LogP contribution in [0.1, 0.15) is 17.4 Å². The Labute approximate surface area is 124 Å². The number of hydrogen-bond donors (Lipinski definition) is 1. The highest BCUT2D eigenvalue weighted by Gasteiger charge is 2.23. The third-order valence-corrected chi connectivity index (χ3v) is 3.45. The lowest BCUT2D eigenvalue weighted by Crippen LogP contribution is -2.22. The molecule has 2 rings (SSSR count). The fraction of sp³-hybridized carbons (Fsp3) is 0.400. The normalized spacial score (nSPS) is 12.0. The second-order valence-corrected chi connectivity index (χ2v) is 4.57. The number of rotatable bonds is 6. The SMILES string of the molecule is CNC(c1cc(OC)c(OC)cc1OC)c1nccn1C. The Morgan fingerprint density at radius 2 is 1.67 bits per heavy atom. The molecule has 0 fully saturated rings. The zero-order chi connectivity index (χ0) is 15.4. The minimum atomic E-state index is -0.111. The van der Waals surface area contributed by atoms with Gasteiger partial charge in [-0.15, -0.1) is 0 Å². The van der Waals surface area contributed by atoms with Gasteiger partial charge in [-0.25, -0.2) is 4.98 Å². The number of aryl methyl sites for hydroxylation is 1. The first-order valence-corrected chi connectivity index (χ1v) is 6.60. The number of benzene rings is 1. The summed E-state index contributed by atoms with van der Waals surface area (Å²) in [6.45, 7) is 0. The van der Waals surface area contributed by atoms with Gasteiger partial charge < -0.3 is 24.1 Å². The van der Waals surface area contributed by atoms with Gasteiger partial charge in [-0.1, -0.05) is 0 Å². The Morgan fingerprint density at radius 3 is 2.14 bits per heavy atom. The molecule has 0 radical (unpaired) electrons. The molecule has 0 aliphatic carbocycles. The number of nitrogens with zero attached hydrogens (tertiary/aromatic N) is 2. The number of methoxy groups -OCH3 is 3. The molecule has 0 aliphatic heterocycles. The van der Waals surface area contributed by atoms with Crippen molar-refractivity contribution in [3.8, 4) is 17.2 Å². The van der Waals surface area contributed by atoms with E-state index in [1.807, 2.05) is 37.0 Å². The summed E-state index contributed by atoms with van der Waals surface area (Å²) in [5.74, 6) is 2.90. The van der Waals surface area contributed by atoms with E-state index >= 15 is 0 Å². The van der Waals surface area contributed by atoms with Crippen molar-refractivity contribution in [2.24, 2.45) is 7.05 Å². The minimum Gasteiger partial charge on any atom is -0.496 e. The van der Waals surface area contributed by atoms with Crippen LogP contribution in [0.25, 0.3) is 0 Å². The maximum atomic E-state index is 5.50. The molecule has 1 unspecified atom stereocenters. The molecule has 0 saturated heterocycles. The maximum absolute atomic E-state index is 5.50. The fourth-order valence-corrected chi connectivity index (χ4v) is 2.36. The summed E-state index contributed by atoms with van der Waals surface area (Å²) < 4.78 is 18.2. The molecule has 6 nitrogen and oxygen atoms in total. The van der Waals surface area contributed by atoms with Gasteiger partial charge in [0, 0.05) is 31.1 Å². The smallest absolute Gasteiger partial charge is 0.164 e. The molecule has 1 N–H and O–H groups in total. The topological polar surface area (TPSA) is 57.5 Å². The van der Waals surface area contributed by atoms with Crippen molar-refractivity contribution < 1.29 is 14.2 Å². The largest absolute Gasteiger partial charge is 0.496 e. The van der Waals surface area contributed by atoms with Crippen molar-refractivity contribution in [3.05, 3.63) is 35.9 Å². The Kier molecular flexibility index (Phi) is 4.70. The molecule has 21 heavy (non-hydrogen) atoms. The van der Waals surface area contributed by atoms with Crippen molar-refractivity contribution >= 4 is 0 Å². The monoisotopic (exact) mass is 291 g/mol. The van der Waals surface area contributed by atoms with E-state index < -0.39 is 0 Å². The van der Waals surface area contributed by atoms with Crippen molar-refractivity contribution in [1.29, 1.82) is 0 Å². The molecule has 0 amide bonds. The molecule has 0 bridgehead atoms. The van der Waals surface area contributed by atoms with Crippen LogP contribution in [0.5, 0.6) is 17.2 Å². The second-order valence-electron chi connectivity index (χ2n) is 4.57. The summed E-state index contributed by atoms with van der Waals surface area (Å²) in [6, 6.07) is 3.62. The summed E-state index contributed by atoms with van der Waals surface area (Å²) in [4.78, 5) is 4.41. The van der Waals surface area contributed by atoms with Crippen LogP contribution >= 0.6 is 0 Å². The van der Waals surface area contributed by atoms with Crippen LogP contribution in [0.3, 0.4) is 0 Å². The first-order valence-electron chi connectivity index (χ1n) is 6.60. The van der Waals surface area contributed by atoms with Gasteiger partial charge in [-0.3, -0.25) is 0 Å². The second kappa shape index (κ2) is 6.49. The molecular weight excluding hydrogens is 270 g/mol. The van der Waals surface area contributed by atoms with Crippen LogP contribution < -0.4 is 19.5 Å². The van der Waals surface area contributed by atoms with Crippen molar-refractivity contribution in [1.82, 2.24) is 14.9 Å². The predicted molar refractivity (Wildman–Crippen MR) is 80.2 cm³/mol. The highest BCUT2D eigenvalue weighted by molar-refractivity contribution is 5.53. The van der Waals surface area contributed by atoms with Gasteiger partial charge >= 0.3 is 0 Å². The summed E-state index contributed by atoms with van der Waals surface area (Å²) in [5, 5.41) is 3.27. The molecular formula is C15H21N3O3. The standard InChI is InChI=1S/C15H21N3O3/c1-16-14(15-17-6-7-18(15)2)10-8-12(20-4)13(21-5)9-11(10)19-3/h6-9,14,16H,1-5H3. The van der Waals surface area contributed by atoms with E-state index in [0.29, 0.717) is 11.5 Å². The van der Waals surface area contributed by atoms with Crippen LogP contribution in [0, 0.1) is 0 Å². The third-order valence-electron chi connectivity index (χ3n) is 3.45. The molecule has 1 atom stereocenters. The number of ether oxygens (including phenoxy) is 3. The van der Waals surface area contributed by atoms with Gasteiger partial charge in [0.25, 0.3) is 0 Å². The summed E-state index contributed by atoms with van der Waals surface area (Å²) in [7, 11) is 8.69. The van der Waals surface area contributed by atoms with Gasteiger partial charge in [-0.05, 0) is 13.1 Å². The molecule has 0 aliphatic rings. The summed E-state index contributed by atoms with van der Waals surface area (Å²) >= 11 is 0. The Hall–Kier alpha value is -2.21. The fourth-order valence-electron chi connectivity index (χ4n) is 2.36. The molecule has 1 heterocycles. The lowest BCUT2D eigenvalue weighted by Gasteiger charge is -2.21. The number of aromatic nitrogens is 2. The average molecular weight is 291 g/mol. The van der Waals surface area contributed by atoms with Crippen LogP contribution in [-0.4, -0.2) is 37.9 Å². The molecule has 1 aromatic heterocycles. The van der Waals surface area contributed by atoms with Crippen LogP contribution in [0.15, 0.2) is 24.5 Å². The molecule has 0 spiro atoms. The molecule has 0 saturated carbocycles. The zero-order valence-corrected chi connectivity index (χ0v) is 13.0. The highest BCUT2D eigenvalue weighted by atomic mass is 16.5. The van der Waals surface area contributed by atoms with E-state index in [2.05, 4.69) is 10.3 Å². The predicted octanol–water partition coefficient (Wildman–Crippen LogP) is 1.75. The van der Waals surface area contributed by atoms with Gasteiger partial charge in [-0.2, -0.15) is 0 Å². The van der Waals surface area contributed by atoms with Gasteiger partial charge in [0.05, 0.1) is 27.4 Å². The van der Waals surface area contributed by atoms with Crippen molar-refractivity contribution in [2.45, 2.75) is 6.04 Å². The van der Waals surface area contributed by atoms with Crippen LogP contribution in [0.2, 0.25) is 0 Å². The summed E-state index contributed by atoms with van der Waals surface area (Å²) in [6.07, 6.45) is 3.68. The van der Waals surface area contributed by atoms with Gasteiger partial charge in [0.2, 0.25) is 0 Å². The number of hydrogen-bond acceptors (Lipinski definition) is 5. The lowest BCUT2D eigenvalue weighted by atomic mass is 10.0. The zero-order valence-electron chi connectivity index (χ0n) is 13.0. The molecule has 114 valence electrons. The number of imidazole rings is 1. The maximum Gasteiger partial charge on any atom is 0.164 e. The van der Waals surface area contributed by atoms with Gasteiger partial charge in [0.15, 0.2) is 11.5 Å². The Bertz CT molecular complexity index is 610. The number of nitrogens with one attached hydrogen (secondary N) is 1. The van der Waals surface area contributed by atoms with Crippen molar-refractivity contribution in [2.75, 3.05) is 28.4 Å². The third kappa shape index (κ3) is 2.80. The first kappa shape index (κ1) is 15.2. The van der Waals surface area contributed by atoms with Crippen molar-refractivity contribution in [3.63, 3.8) is 0 Å². The Morgan fingerprint density at radius 1 is 1.05 bits per heavy atom. The van der Waals surface area contributed by atoms with Crippen LogP contribution in [-0.2, 0) is 7.05 Å². The summed E-state index contributed by atoms with van der Waals surface area (Å²) in [5.41, 5.74) is 0.937. The minimum absolute atomic E-state index is 0.111. The van der Waals surface area contributed by atoms with E-state index in [1.54, 1.807) is 27.5 Å². The van der Waals surface area contributed by atoms with E-state index in [1.165, 1.54) is 0 Å². The molecule has 1 aromatic carbocycles. The van der Waals surface area contributed by atoms with E-state index in [0.717, 1.165) is 17.1 Å². The quantitative estimate of drug-likeness (QED) is 0.879. The van der Waals surface area contributed by atoms with Crippen LogP contribution in [0.4, 0.5) is 0 Å². The molecule has 6 heteroatoms. The average Bonchev–Trinajstić information content (AvgIpc) is 2.93. The van der Waals surface area contributed by atoms with Gasteiger partial charge in [0.1, 0.15) is 11.6 Å².